The van der Waals surface area contributed by atoms with Gasteiger partial charge in [0.05, 0.1) is 7.11 Å². The monoisotopic (exact) mass is 248 g/mol. The molecule has 0 heterocycles. The summed E-state index contributed by atoms with van der Waals surface area (Å²) in [6.07, 6.45) is 5.85. The van der Waals surface area contributed by atoms with Crippen molar-refractivity contribution in [2.75, 3.05) is 7.11 Å². The van der Waals surface area contributed by atoms with E-state index in [4.69, 9.17) is 4.74 Å². The summed E-state index contributed by atoms with van der Waals surface area (Å²) in [5.41, 5.74) is 2.07. The molecule has 0 spiro atoms. The van der Waals surface area contributed by atoms with Crippen LogP contribution in [0.15, 0.2) is 35.9 Å². The molecule has 100 valence electrons. The van der Waals surface area contributed by atoms with Crippen molar-refractivity contribution in [1.29, 1.82) is 0 Å². The summed E-state index contributed by atoms with van der Waals surface area (Å²) in [5.74, 6) is 0.820. The van der Waals surface area contributed by atoms with Crippen molar-refractivity contribution in [3.63, 3.8) is 0 Å². The summed E-state index contributed by atoms with van der Waals surface area (Å²) in [4.78, 5) is 0. The fraction of sp³-hybridized carbons (Fsp3) is 0.500. The van der Waals surface area contributed by atoms with Crippen LogP contribution in [0.4, 0.5) is 0 Å². The van der Waals surface area contributed by atoms with Crippen LogP contribution in [0.25, 0.3) is 0 Å². The Balaban J connectivity index is 2.83. The number of hydrogen-bond donors (Lipinski definition) is 1. The zero-order chi connectivity index (χ0) is 13.4. The van der Waals surface area contributed by atoms with Gasteiger partial charge in [0.2, 0.25) is 0 Å². The molecule has 2 nitrogen and oxygen atoms in total. The zero-order valence-electron chi connectivity index (χ0n) is 11.6. The van der Waals surface area contributed by atoms with E-state index in [1.807, 2.05) is 24.3 Å². The van der Waals surface area contributed by atoms with E-state index in [9.17, 15) is 5.11 Å². The first-order chi connectivity index (χ1) is 8.72. The lowest BCUT2D eigenvalue weighted by atomic mass is 9.96. The second-order valence-corrected chi connectivity index (χ2v) is 4.49. The Kier molecular flexibility index (Phi) is 6.51. The summed E-state index contributed by atoms with van der Waals surface area (Å²) < 4.78 is 5.13. The van der Waals surface area contributed by atoms with E-state index in [1.165, 1.54) is 0 Å². The van der Waals surface area contributed by atoms with Gasteiger partial charge in [0.25, 0.3) is 0 Å². The van der Waals surface area contributed by atoms with Crippen LogP contribution in [0.5, 0.6) is 5.75 Å². The molecule has 0 aliphatic rings. The van der Waals surface area contributed by atoms with Crippen molar-refractivity contribution in [1.82, 2.24) is 0 Å². The van der Waals surface area contributed by atoms with E-state index in [0.717, 1.165) is 42.6 Å². The molecule has 0 bridgehead atoms. The van der Waals surface area contributed by atoms with Gasteiger partial charge in [-0.3, -0.25) is 0 Å². The maximum Gasteiger partial charge on any atom is 0.118 e. The lowest BCUT2D eigenvalue weighted by Crippen LogP contribution is -2.02. The van der Waals surface area contributed by atoms with Crippen molar-refractivity contribution < 1.29 is 9.84 Å². The van der Waals surface area contributed by atoms with Crippen LogP contribution in [0, 0.1) is 0 Å². The van der Waals surface area contributed by atoms with Gasteiger partial charge >= 0.3 is 0 Å². The molecule has 0 radical (unpaired) electrons. The van der Waals surface area contributed by atoms with E-state index in [-0.39, 0.29) is 0 Å². The minimum atomic E-state index is -0.484. The molecule has 18 heavy (non-hydrogen) atoms. The second kappa shape index (κ2) is 7.93. The van der Waals surface area contributed by atoms with E-state index >= 15 is 0 Å². The molecule has 0 aromatic heterocycles. The summed E-state index contributed by atoms with van der Waals surface area (Å²) in [6, 6.07) is 7.64. The van der Waals surface area contributed by atoms with E-state index < -0.39 is 6.10 Å². The van der Waals surface area contributed by atoms with Crippen LogP contribution in [-0.2, 0) is 0 Å². The predicted molar refractivity (Wildman–Crippen MR) is 75.9 cm³/mol. The maximum absolute atomic E-state index is 10.4. The van der Waals surface area contributed by atoms with Crippen LogP contribution < -0.4 is 4.74 Å². The highest BCUT2D eigenvalue weighted by molar-refractivity contribution is 5.32. The Morgan fingerprint density at radius 1 is 1.22 bits per heavy atom. The zero-order valence-corrected chi connectivity index (χ0v) is 11.6. The molecule has 1 unspecified atom stereocenters. The summed E-state index contributed by atoms with van der Waals surface area (Å²) in [7, 11) is 1.65. The lowest BCUT2D eigenvalue weighted by Gasteiger charge is -2.15. The average Bonchev–Trinajstić information content (AvgIpc) is 2.43. The normalized spacial score (nSPS) is 13.4. The van der Waals surface area contributed by atoms with Crippen molar-refractivity contribution in [3.05, 3.63) is 41.5 Å². The average molecular weight is 248 g/mol. The van der Waals surface area contributed by atoms with Gasteiger partial charge in [-0.05, 0) is 36.1 Å². The lowest BCUT2D eigenvalue weighted by molar-refractivity contribution is 0.210. The minimum Gasteiger partial charge on any atom is -0.497 e. The molecule has 0 saturated heterocycles. The van der Waals surface area contributed by atoms with E-state index in [0.29, 0.717) is 0 Å². The smallest absolute Gasteiger partial charge is 0.118 e. The van der Waals surface area contributed by atoms with Gasteiger partial charge in [-0.15, -0.1) is 0 Å². The minimum absolute atomic E-state index is 0.484. The number of hydrogen-bond acceptors (Lipinski definition) is 2. The third kappa shape index (κ3) is 4.19. The van der Waals surface area contributed by atoms with Gasteiger partial charge in [0.1, 0.15) is 11.9 Å². The summed E-state index contributed by atoms with van der Waals surface area (Å²) in [6.45, 7) is 4.29. The Morgan fingerprint density at radius 3 is 2.39 bits per heavy atom. The summed E-state index contributed by atoms with van der Waals surface area (Å²) >= 11 is 0. The van der Waals surface area contributed by atoms with Crippen LogP contribution in [-0.4, -0.2) is 12.2 Å². The van der Waals surface area contributed by atoms with Crippen LogP contribution >= 0.6 is 0 Å². The topological polar surface area (TPSA) is 29.5 Å². The maximum atomic E-state index is 10.4. The standard InChI is InChI=1S/C16H24O2/c1-4-6-8-13(7-5-2)16(17)14-9-11-15(18-3)12-10-14/h8-12,16-17H,4-7H2,1-3H3/b13-8+. The number of unbranched alkanes of at least 4 members (excludes halogenated alkanes) is 1. The number of methoxy groups -OCH3 is 1. The molecular weight excluding hydrogens is 224 g/mol. The summed E-state index contributed by atoms with van der Waals surface area (Å²) in [5, 5.41) is 10.4. The number of aliphatic hydroxyl groups is 1. The quantitative estimate of drug-likeness (QED) is 0.731. The van der Waals surface area contributed by atoms with Crippen molar-refractivity contribution in [2.24, 2.45) is 0 Å². The van der Waals surface area contributed by atoms with Gasteiger partial charge in [0, 0.05) is 0 Å². The molecule has 1 N–H and O–H groups in total. The Bertz CT molecular complexity index is 365. The van der Waals surface area contributed by atoms with E-state index in [1.54, 1.807) is 7.11 Å². The van der Waals surface area contributed by atoms with Crippen molar-refractivity contribution in [2.45, 2.75) is 45.6 Å². The fourth-order valence-electron chi connectivity index (χ4n) is 1.97. The Morgan fingerprint density at radius 2 is 1.89 bits per heavy atom. The molecule has 1 aromatic rings. The highest BCUT2D eigenvalue weighted by Crippen LogP contribution is 2.27. The third-order valence-electron chi connectivity index (χ3n) is 3.02. The van der Waals surface area contributed by atoms with Gasteiger partial charge in [-0.1, -0.05) is 44.9 Å². The fourth-order valence-corrected chi connectivity index (χ4v) is 1.97. The van der Waals surface area contributed by atoms with Crippen molar-refractivity contribution in [3.8, 4) is 5.75 Å². The van der Waals surface area contributed by atoms with Crippen LogP contribution in [0.3, 0.4) is 0 Å². The molecule has 1 atom stereocenters. The van der Waals surface area contributed by atoms with Gasteiger partial charge in [-0.2, -0.15) is 0 Å². The van der Waals surface area contributed by atoms with E-state index in [2.05, 4.69) is 19.9 Å². The predicted octanol–water partition coefficient (Wildman–Crippen LogP) is 4.26. The van der Waals surface area contributed by atoms with Gasteiger partial charge in [0.15, 0.2) is 0 Å². The first-order valence-electron chi connectivity index (χ1n) is 6.73. The highest BCUT2D eigenvalue weighted by Gasteiger charge is 2.12. The third-order valence-corrected chi connectivity index (χ3v) is 3.02. The Hall–Kier alpha value is -1.28. The molecule has 0 fully saturated rings. The second-order valence-electron chi connectivity index (χ2n) is 4.49. The Labute approximate surface area is 110 Å². The molecule has 0 aliphatic heterocycles. The molecule has 0 saturated carbocycles. The molecule has 2 heteroatoms. The first kappa shape index (κ1) is 14.8. The molecule has 1 aromatic carbocycles. The number of ether oxygens (including phenoxy) is 1. The van der Waals surface area contributed by atoms with Gasteiger partial charge in [-0.25, -0.2) is 0 Å². The molecule has 0 aliphatic carbocycles. The number of rotatable bonds is 7. The number of aliphatic hydroxyl groups excluding tert-OH is 1. The highest BCUT2D eigenvalue weighted by atomic mass is 16.5. The molecular formula is C16H24O2. The van der Waals surface area contributed by atoms with Crippen LogP contribution in [0.1, 0.15) is 51.2 Å². The number of benzene rings is 1. The number of allylic oxidation sites excluding steroid dienone is 1. The molecule has 0 amide bonds. The largest absolute Gasteiger partial charge is 0.497 e. The SMILES string of the molecule is CCC/C=C(\CCC)C(O)c1ccc(OC)cc1. The molecule has 1 rings (SSSR count). The van der Waals surface area contributed by atoms with Crippen molar-refractivity contribution >= 4 is 0 Å². The van der Waals surface area contributed by atoms with Gasteiger partial charge < -0.3 is 9.84 Å². The first-order valence-corrected chi connectivity index (χ1v) is 6.73. The van der Waals surface area contributed by atoms with Crippen LogP contribution in [0.2, 0.25) is 0 Å².